The molecule has 0 saturated carbocycles. The molecular weight excluding hydrogens is 208 g/mol. The van der Waals surface area contributed by atoms with E-state index in [0.717, 1.165) is 0 Å². The second kappa shape index (κ2) is 3.73. The van der Waals surface area contributed by atoms with Crippen molar-refractivity contribution in [2.75, 3.05) is 5.73 Å². The molecule has 0 unspecified atom stereocenters. The highest BCUT2D eigenvalue weighted by Gasteiger charge is 2.21. The molecule has 0 saturated heterocycles. The smallest absolute Gasteiger partial charge is 0.164 e. The van der Waals surface area contributed by atoms with Crippen molar-refractivity contribution in [1.29, 1.82) is 0 Å². The fourth-order valence-corrected chi connectivity index (χ4v) is 1.76. The number of anilines is 1. The third-order valence-corrected chi connectivity index (χ3v) is 2.62. The van der Waals surface area contributed by atoms with Gasteiger partial charge in [0.05, 0.1) is 10.7 Å². The molecule has 1 aromatic rings. The van der Waals surface area contributed by atoms with Crippen molar-refractivity contribution in [3.8, 4) is 0 Å². The van der Waals surface area contributed by atoms with Crippen molar-refractivity contribution < 1.29 is 8.78 Å². The second-order valence-corrected chi connectivity index (χ2v) is 3.93. The number of nitrogens with two attached hydrogens (primary N) is 1. The van der Waals surface area contributed by atoms with Gasteiger partial charge in [-0.1, -0.05) is 25.4 Å². The first kappa shape index (κ1) is 11.2. The van der Waals surface area contributed by atoms with E-state index < -0.39 is 11.6 Å². The molecular formula is C10H12ClF2N. The number of nitrogen functional groups attached to an aromatic ring is 1. The van der Waals surface area contributed by atoms with Gasteiger partial charge in [0.2, 0.25) is 0 Å². The van der Waals surface area contributed by atoms with Crippen LogP contribution in [0.3, 0.4) is 0 Å². The maximum Gasteiger partial charge on any atom is 0.164 e. The Morgan fingerprint density at radius 3 is 2.14 bits per heavy atom. The summed E-state index contributed by atoms with van der Waals surface area (Å²) in [7, 11) is 0. The monoisotopic (exact) mass is 219 g/mol. The highest BCUT2D eigenvalue weighted by atomic mass is 35.5. The van der Waals surface area contributed by atoms with Gasteiger partial charge in [-0.25, -0.2) is 8.78 Å². The molecule has 0 radical (unpaired) electrons. The number of rotatable bonds is 1. The lowest BCUT2D eigenvalue weighted by Crippen LogP contribution is -2.05. The van der Waals surface area contributed by atoms with E-state index in [1.807, 2.05) is 0 Å². The van der Waals surface area contributed by atoms with E-state index in [2.05, 4.69) is 0 Å². The van der Waals surface area contributed by atoms with Gasteiger partial charge in [0.15, 0.2) is 11.6 Å². The highest BCUT2D eigenvalue weighted by Crippen LogP contribution is 2.35. The van der Waals surface area contributed by atoms with Gasteiger partial charge in [0.25, 0.3) is 0 Å². The van der Waals surface area contributed by atoms with Gasteiger partial charge in [-0.15, -0.1) is 0 Å². The molecule has 0 heterocycles. The zero-order valence-electron chi connectivity index (χ0n) is 8.29. The highest BCUT2D eigenvalue weighted by molar-refractivity contribution is 6.34. The summed E-state index contributed by atoms with van der Waals surface area (Å²) in [4.78, 5) is 0. The fraction of sp³-hybridized carbons (Fsp3) is 0.400. The van der Waals surface area contributed by atoms with Gasteiger partial charge in [-0.05, 0) is 12.8 Å². The quantitative estimate of drug-likeness (QED) is 0.567. The normalized spacial score (nSPS) is 11.1. The Hall–Kier alpha value is -0.830. The molecule has 14 heavy (non-hydrogen) atoms. The summed E-state index contributed by atoms with van der Waals surface area (Å²) in [5.74, 6) is -1.99. The van der Waals surface area contributed by atoms with Crippen molar-refractivity contribution in [3.63, 3.8) is 0 Å². The first-order valence-corrected chi connectivity index (χ1v) is 4.68. The average Bonchev–Trinajstić information content (AvgIpc) is 2.11. The minimum atomic E-state index is -0.907. The fourth-order valence-electron chi connectivity index (χ4n) is 1.31. The summed E-state index contributed by atoms with van der Waals surface area (Å²) in [6.45, 7) is 4.88. The Bertz CT molecular complexity index is 346. The molecule has 0 aliphatic rings. The van der Waals surface area contributed by atoms with Crippen LogP contribution in [0.25, 0.3) is 0 Å². The van der Waals surface area contributed by atoms with Crippen LogP contribution < -0.4 is 5.73 Å². The second-order valence-electron chi connectivity index (χ2n) is 3.55. The third-order valence-electron chi connectivity index (χ3n) is 2.21. The van der Waals surface area contributed by atoms with Crippen LogP contribution in [-0.4, -0.2) is 0 Å². The predicted octanol–water partition coefficient (Wildman–Crippen LogP) is 3.63. The molecule has 0 fully saturated rings. The van der Waals surface area contributed by atoms with Crippen LogP contribution in [0.4, 0.5) is 14.5 Å². The van der Waals surface area contributed by atoms with Crippen molar-refractivity contribution in [2.45, 2.75) is 26.7 Å². The van der Waals surface area contributed by atoms with Crippen LogP contribution in [0.1, 0.15) is 30.9 Å². The molecule has 0 aliphatic heterocycles. The first-order chi connectivity index (χ1) is 6.37. The summed E-state index contributed by atoms with van der Waals surface area (Å²) < 4.78 is 26.7. The Morgan fingerprint density at radius 1 is 1.21 bits per heavy atom. The average molecular weight is 220 g/mol. The van der Waals surface area contributed by atoms with Crippen LogP contribution >= 0.6 is 11.6 Å². The lowest BCUT2D eigenvalue weighted by molar-refractivity contribution is 0.489. The summed E-state index contributed by atoms with van der Waals surface area (Å²) in [6.07, 6.45) is 0. The molecule has 78 valence electrons. The summed E-state index contributed by atoms with van der Waals surface area (Å²) in [5.41, 5.74) is 5.88. The van der Waals surface area contributed by atoms with Crippen LogP contribution in [0.15, 0.2) is 0 Å². The molecule has 0 amide bonds. The molecule has 1 nitrogen and oxygen atoms in total. The molecule has 0 aromatic heterocycles. The minimum absolute atomic E-state index is 0.0666. The minimum Gasteiger partial charge on any atom is -0.397 e. The number of hydrogen-bond donors (Lipinski definition) is 1. The number of benzene rings is 1. The van der Waals surface area contributed by atoms with Crippen LogP contribution in [0.5, 0.6) is 0 Å². The Kier molecular flexibility index (Phi) is 3.00. The summed E-state index contributed by atoms with van der Waals surface area (Å²) in [6, 6.07) is 0. The van der Waals surface area contributed by atoms with Gasteiger partial charge in [0, 0.05) is 11.1 Å². The third kappa shape index (κ3) is 1.57. The van der Waals surface area contributed by atoms with E-state index >= 15 is 0 Å². The molecule has 0 atom stereocenters. The predicted molar refractivity (Wildman–Crippen MR) is 54.6 cm³/mol. The van der Waals surface area contributed by atoms with Gasteiger partial charge in [-0.2, -0.15) is 0 Å². The van der Waals surface area contributed by atoms with Crippen LogP contribution in [0, 0.1) is 18.6 Å². The Balaban J connectivity index is 3.60. The van der Waals surface area contributed by atoms with Gasteiger partial charge >= 0.3 is 0 Å². The SMILES string of the molecule is Cc1c(N)c(Cl)c(C(C)C)c(F)c1F. The van der Waals surface area contributed by atoms with Gasteiger partial charge in [0.1, 0.15) is 0 Å². The van der Waals surface area contributed by atoms with Crippen molar-refractivity contribution in [1.82, 2.24) is 0 Å². The zero-order chi connectivity index (χ0) is 11.0. The van der Waals surface area contributed by atoms with Crippen LogP contribution in [-0.2, 0) is 0 Å². The Labute approximate surface area is 86.9 Å². The maximum absolute atomic E-state index is 13.4. The molecule has 0 aliphatic carbocycles. The van der Waals surface area contributed by atoms with Gasteiger partial charge in [-0.3, -0.25) is 0 Å². The standard InChI is InChI=1S/C10H12ClF2N/c1-4(2)6-7(11)10(14)5(3)8(12)9(6)13/h4H,14H2,1-3H3. The first-order valence-electron chi connectivity index (χ1n) is 4.30. The van der Waals surface area contributed by atoms with E-state index in [1.165, 1.54) is 6.92 Å². The van der Waals surface area contributed by atoms with Crippen molar-refractivity contribution in [2.24, 2.45) is 0 Å². The van der Waals surface area contributed by atoms with E-state index in [-0.39, 0.29) is 27.8 Å². The van der Waals surface area contributed by atoms with E-state index in [4.69, 9.17) is 17.3 Å². The lowest BCUT2D eigenvalue weighted by atomic mass is 9.99. The molecule has 1 rings (SSSR count). The molecule has 4 heteroatoms. The van der Waals surface area contributed by atoms with E-state index in [0.29, 0.717) is 0 Å². The zero-order valence-corrected chi connectivity index (χ0v) is 9.04. The van der Waals surface area contributed by atoms with Crippen molar-refractivity contribution >= 4 is 17.3 Å². The molecule has 1 aromatic carbocycles. The lowest BCUT2D eigenvalue weighted by Gasteiger charge is -2.14. The summed E-state index contributed by atoms with van der Waals surface area (Å²) >= 11 is 5.84. The Morgan fingerprint density at radius 2 is 1.71 bits per heavy atom. The largest absolute Gasteiger partial charge is 0.397 e. The molecule has 2 N–H and O–H groups in total. The summed E-state index contributed by atoms with van der Waals surface area (Å²) in [5, 5.41) is 0.122. The number of hydrogen-bond acceptors (Lipinski definition) is 1. The number of halogens is 3. The van der Waals surface area contributed by atoms with Crippen LogP contribution in [0.2, 0.25) is 5.02 Å². The molecule has 0 bridgehead atoms. The topological polar surface area (TPSA) is 26.0 Å². The van der Waals surface area contributed by atoms with Crippen molar-refractivity contribution in [3.05, 3.63) is 27.8 Å². The maximum atomic E-state index is 13.4. The molecule has 0 spiro atoms. The van der Waals surface area contributed by atoms with E-state index in [1.54, 1.807) is 13.8 Å². The van der Waals surface area contributed by atoms with Gasteiger partial charge < -0.3 is 5.73 Å². The van der Waals surface area contributed by atoms with E-state index in [9.17, 15) is 8.78 Å².